The monoisotopic (exact) mass is 337 g/mol. The predicted molar refractivity (Wildman–Crippen MR) is 74.9 cm³/mol. The lowest BCUT2D eigenvalue weighted by molar-refractivity contribution is 0.587. The van der Waals surface area contributed by atoms with E-state index in [1.807, 2.05) is 23.1 Å². The van der Waals surface area contributed by atoms with Gasteiger partial charge >= 0.3 is 0 Å². The van der Waals surface area contributed by atoms with Gasteiger partial charge in [-0.15, -0.1) is 0 Å². The van der Waals surface area contributed by atoms with Gasteiger partial charge in [-0.3, -0.25) is 0 Å². The molecule has 1 aromatic rings. The molecular formula is C11H13BrClNO2S. The number of hydrogen-bond acceptors (Lipinski definition) is 3. The Morgan fingerprint density at radius 2 is 1.94 bits per heavy atom. The first-order chi connectivity index (χ1) is 8.02. The van der Waals surface area contributed by atoms with E-state index in [4.69, 9.17) is 11.6 Å². The summed E-state index contributed by atoms with van der Waals surface area (Å²) in [5.74, 6) is 0.424. The number of hydrogen-bond donors (Lipinski definition) is 0. The number of halogens is 2. The lowest BCUT2D eigenvalue weighted by Gasteiger charge is -2.29. The van der Waals surface area contributed by atoms with Crippen molar-refractivity contribution in [2.75, 3.05) is 29.5 Å². The summed E-state index contributed by atoms with van der Waals surface area (Å²) in [5.41, 5.74) is 2.04. The van der Waals surface area contributed by atoms with E-state index in [1.54, 1.807) is 0 Å². The smallest absolute Gasteiger partial charge is 0.153 e. The lowest BCUT2D eigenvalue weighted by atomic mass is 10.2. The molecule has 0 radical (unpaired) electrons. The summed E-state index contributed by atoms with van der Waals surface area (Å²) in [4.78, 5) is 2.03. The van der Waals surface area contributed by atoms with E-state index in [1.165, 1.54) is 0 Å². The van der Waals surface area contributed by atoms with Crippen LogP contribution in [-0.2, 0) is 15.2 Å². The Balaban J connectivity index is 2.19. The van der Waals surface area contributed by atoms with E-state index in [0.717, 1.165) is 16.6 Å². The molecule has 0 atom stereocenters. The molecule has 1 heterocycles. The minimum absolute atomic E-state index is 0.212. The topological polar surface area (TPSA) is 37.4 Å². The SMILES string of the molecule is O=S1(=O)CCN(c2ccc(CBr)cc2Cl)CC1. The molecule has 2 rings (SSSR count). The summed E-state index contributed by atoms with van der Waals surface area (Å²) in [7, 11) is -2.84. The number of rotatable bonds is 2. The molecule has 17 heavy (non-hydrogen) atoms. The van der Waals surface area contributed by atoms with Crippen LogP contribution >= 0.6 is 27.5 Å². The quantitative estimate of drug-likeness (QED) is 0.778. The molecule has 1 aliphatic rings. The summed E-state index contributed by atoms with van der Waals surface area (Å²) in [6.45, 7) is 1.05. The molecule has 1 aliphatic heterocycles. The van der Waals surface area contributed by atoms with Crippen LogP contribution in [0.5, 0.6) is 0 Å². The van der Waals surface area contributed by atoms with Crippen molar-refractivity contribution in [3.63, 3.8) is 0 Å². The number of benzene rings is 1. The van der Waals surface area contributed by atoms with Gasteiger partial charge in [0.05, 0.1) is 22.2 Å². The van der Waals surface area contributed by atoms with E-state index >= 15 is 0 Å². The summed E-state index contributed by atoms with van der Waals surface area (Å²) >= 11 is 9.58. The van der Waals surface area contributed by atoms with Crippen LogP contribution in [0.4, 0.5) is 5.69 Å². The minimum Gasteiger partial charge on any atom is -0.368 e. The zero-order valence-corrected chi connectivity index (χ0v) is 12.4. The van der Waals surface area contributed by atoms with Crippen molar-refractivity contribution in [1.29, 1.82) is 0 Å². The highest BCUT2D eigenvalue weighted by Crippen LogP contribution is 2.28. The van der Waals surface area contributed by atoms with Gasteiger partial charge in [0.15, 0.2) is 9.84 Å². The van der Waals surface area contributed by atoms with Crippen LogP contribution < -0.4 is 4.90 Å². The van der Waals surface area contributed by atoms with Gasteiger partial charge < -0.3 is 4.90 Å². The standard InChI is InChI=1S/C11H13BrClNO2S/c12-8-9-1-2-11(10(13)7-9)14-3-5-17(15,16)6-4-14/h1-2,7H,3-6,8H2. The molecule has 6 heteroatoms. The van der Waals surface area contributed by atoms with E-state index in [9.17, 15) is 8.42 Å². The first-order valence-electron chi connectivity index (χ1n) is 5.31. The first kappa shape index (κ1) is 13.2. The van der Waals surface area contributed by atoms with Crippen molar-refractivity contribution in [2.24, 2.45) is 0 Å². The molecule has 0 saturated carbocycles. The van der Waals surface area contributed by atoms with Gasteiger partial charge in [0.25, 0.3) is 0 Å². The van der Waals surface area contributed by atoms with Crippen molar-refractivity contribution in [2.45, 2.75) is 5.33 Å². The van der Waals surface area contributed by atoms with Crippen LogP contribution in [0.25, 0.3) is 0 Å². The Bertz CT molecular complexity index is 504. The van der Waals surface area contributed by atoms with E-state index in [-0.39, 0.29) is 11.5 Å². The third-order valence-electron chi connectivity index (χ3n) is 2.85. The second-order valence-electron chi connectivity index (χ2n) is 4.06. The Labute approximate surface area is 115 Å². The fourth-order valence-corrected chi connectivity index (χ4v) is 3.72. The molecule has 1 saturated heterocycles. The van der Waals surface area contributed by atoms with E-state index in [2.05, 4.69) is 15.9 Å². The average Bonchev–Trinajstić information content (AvgIpc) is 2.29. The maximum atomic E-state index is 11.3. The van der Waals surface area contributed by atoms with Gasteiger partial charge in [-0.1, -0.05) is 33.6 Å². The van der Waals surface area contributed by atoms with Crippen LogP contribution in [0, 0.1) is 0 Å². The highest BCUT2D eigenvalue weighted by Gasteiger charge is 2.22. The van der Waals surface area contributed by atoms with Gasteiger partial charge in [0.2, 0.25) is 0 Å². The molecule has 0 bridgehead atoms. The number of anilines is 1. The molecule has 0 N–H and O–H groups in total. The van der Waals surface area contributed by atoms with Crippen LogP contribution in [0.1, 0.15) is 5.56 Å². The van der Waals surface area contributed by atoms with Crippen LogP contribution in [0.15, 0.2) is 18.2 Å². The third kappa shape index (κ3) is 3.14. The Morgan fingerprint density at radius 1 is 1.29 bits per heavy atom. The van der Waals surface area contributed by atoms with Gasteiger partial charge in [0, 0.05) is 18.4 Å². The number of alkyl halides is 1. The zero-order valence-electron chi connectivity index (χ0n) is 9.20. The highest BCUT2D eigenvalue weighted by atomic mass is 79.9. The Morgan fingerprint density at radius 3 is 2.47 bits per heavy atom. The van der Waals surface area contributed by atoms with Crippen LogP contribution in [0.2, 0.25) is 5.02 Å². The lowest BCUT2D eigenvalue weighted by Crippen LogP contribution is -2.40. The fourth-order valence-electron chi connectivity index (χ4n) is 1.84. The second-order valence-corrected chi connectivity index (χ2v) is 7.33. The minimum atomic E-state index is -2.84. The maximum Gasteiger partial charge on any atom is 0.153 e. The summed E-state index contributed by atoms with van der Waals surface area (Å²) in [5, 5.41) is 1.45. The van der Waals surface area contributed by atoms with Gasteiger partial charge in [-0.2, -0.15) is 0 Å². The van der Waals surface area contributed by atoms with Crippen molar-refractivity contribution in [3.05, 3.63) is 28.8 Å². The maximum absolute atomic E-state index is 11.3. The molecule has 0 aromatic heterocycles. The molecule has 0 spiro atoms. The van der Waals surface area contributed by atoms with E-state index < -0.39 is 9.84 Å². The van der Waals surface area contributed by atoms with Crippen molar-refractivity contribution < 1.29 is 8.42 Å². The van der Waals surface area contributed by atoms with Gasteiger partial charge in [0.1, 0.15) is 0 Å². The fraction of sp³-hybridized carbons (Fsp3) is 0.455. The van der Waals surface area contributed by atoms with Crippen molar-refractivity contribution >= 4 is 43.1 Å². The largest absolute Gasteiger partial charge is 0.368 e. The Kier molecular flexibility index (Phi) is 4.00. The van der Waals surface area contributed by atoms with Crippen LogP contribution in [-0.4, -0.2) is 33.0 Å². The normalized spacial score (nSPS) is 19.3. The highest BCUT2D eigenvalue weighted by molar-refractivity contribution is 9.08. The van der Waals surface area contributed by atoms with Crippen molar-refractivity contribution in [1.82, 2.24) is 0 Å². The molecule has 3 nitrogen and oxygen atoms in total. The Hall–Kier alpha value is -0.260. The molecule has 94 valence electrons. The number of sulfone groups is 1. The number of nitrogens with zero attached hydrogens (tertiary/aromatic N) is 1. The van der Waals surface area contributed by atoms with Gasteiger partial charge in [-0.25, -0.2) is 8.42 Å². The molecule has 0 amide bonds. The summed E-state index contributed by atoms with van der Waals surface area (Å²) in [6, 6.07) is 5.87. The zero-order chi connectivity index (χ0) is 12.5. The van der Waals surface area contributed by atoms with Crippen molar-refractivity contribution in [3.8, 4) is 0 Å². The molecule has 0 unspecified atom stereocenters. The molecule has 0 aliphatic carbocycles. The average molecular weight is 339 g/mol. The molecule has 1 aromatic carbocycles. The molecular weight excluding hydrogens is 326 g/mol. The molecule has 1 fully saturated rings. The second kappa shape index (κ2) is 5.16. The predicted octanol–water partition coefficient (Wildman–Crippen LogP) is 2.47. The first-order valence-corrected chi connectivity index (χ1v) is 8.64. The third-order valence-corrected chi connectivity index (χ3v) is 5.41. The van der Waals surface area contributed by atoms with Crippen LogP contribution in [0.3, 0.4) is 0 Å². The van der Waals surface area contributed by atoms with E-state index in [0.29, 0.717) is 18.1 Å². The van der Waals surface area contributed by atoms with Gasteiger partial charge in [-0.05, 0) is 17.7 Å². The summed E-state index contributed by atoms with van der Waals surface area (Å²) < 4.78 is 22.7. The summed E-state index contributed by atoms with van der Waals surface area (Å²) in [6.07, 6.45) is 0.